The number of ether oxygens (including phenoxy) is 1. The second-order valence-corrected chi connectivity index (χ2v) is 8.11. The fourth-order valence-electron chi connectivity index (χ4n) is 2.92. The highest BCUT2D eigenvalue weighted by Crippen LogP contribution is 2.38. The number of nitrogens with one attached hydrogen (secondary N) is 1. The zero-order valence-electron chi connectivity index (χ0n) is 15.8. The van der Waals surface area contributed by atoms with Gasteiger partial charge in [-0.2, -0.15) is 0 Å². The first-order chi connectivity index (χ1) is 14.2. The molecule has 0 saturated heterocycles. The highest BCUT2D eigenvalue weighted by Gasteiger charge is 2.15. The molecular formula is C22H19N3O2S2. The molecule has 7 heteroatoms. The Balaban J connectivity index is 1.50. The zero-order valence-corrected chi connectivity index (χ0v) is 17.4. The standard InChI is InChI=1S/C22H19N3O2S2/c1-27-17-9-7-16(8-10-17)18-12-28-21-20(18)22(25-14-24-21)29-13-19(26)23-11-15-5-3-2-4-6-15/h2-10,12,14H,11,13H2,1H3,(H,23,26). The lowest BCUT2D eigenvalue weighted by atomic mass is 10.1. The first-order valence-corrected chi connectivity index (χ1v) is 10.9. The van der Waals surface area contributed by atoms with Gasteiger partial charge in [0.15, 0.2) is 0 Å². The number of benzene rings is 2. The van der Waals surface area contributed by atoms with E-state index in [-0.39, 0.29) is 5.91 Å². The van der Waals surface area contributed by atoms with Crippen LogP contribution >= 0.6 is 23.1 Å². The van der Waals surface area contributed by atoms with Crippen LogP contribution in [0.4, 0.5) is 0 Å². The van der Waals surface area contributed by atoms with Crippen molar-refractivity contribution < 1.29 is 9.53 Å². The molecular weight excluding hydrogens is 402 g/mol. The van der Waals surface area contributed by atoms with Gasteiger partial charge < -0.3 is 10.1 Å². The Labute approximate surface area is 177 Å². The molecule has 0 aliphatic rings. The number of thiophene rings is 1. The minimum Gasteiger partial charge on any atom is -0.497 e. The van der Waals surface area contributed by atoms with Gasteiger partial charge in [-0.15, -0.1) is 11.3 Å². The van der Waals surface area contributed by atoms with E-state index in [1.54, 1.807) is 24.8 Å². The van der Waals surface area contributed by atoms with Crippen molar-refractivity contribution in [3.8, 4) is 16.9 Å². The number of methoxy groups -OCH3 is 1. The molecule has 1 amide bonds. The maximum atomic E-state index is 12.3. The third-order valence-electron chi connectivity index (χ3n) is 4.41. The van der Waals surface area contributed by atoms with Gasteiger partial charge in [-0.05, 0) is 23.3 Å². The summed E-state index contributed by atoms with van der Waals surface area (Å²) >= 11 is 3.01. The van der Waals surface area contributed by atoms with Crippen LogP contribution in [0.1, 0.15) is 5.56 Å². The van der Waals surface area contributed by atoms with Crippen molar-refractivity contribution in [3.63, 3.8) is 0 Å². The molecule has 0 aliphatic heterocycles. The number of rotatable bonds is 7. The summed E-state index contributed by atoms with van der Waals surface area (Å²) in [5, 5.41) is 6.85. The van der Waals surface area contributed by atoms with E-state index in [0.717, 1.165) is 37.7 Å². The second-order valence-electron chi connectivity index (χ2n) is 6.29. The first-order valence-electron chi connectivity index (χ1n) is 9.04. The van der Waals surface area contributed by atoms with Gasteiger partial charge in [0.2, 0.25) is 5.91 Å². The van der Waals surface area contributed by atoms with Gasteiger partial charge in [0.25, 0.3) is 0 Å². The summed E-state index contributed by atoms with van der Waals surface area (Å²) in [6.45, 7) is 0.523. The van der Waals surface area contributed by atoms with E-state index in [2.05, 4.69) is 20.7 Å². The molecule has 2 heterocycles. The SMILES string of the molecule is COc1ccc(-c2csc3ncnc(SCC(=O)NCc4ccccc4)c23)cc1. The van der Waals surface area contributed by atoms with E-state index in [0.29, 0.717) is 12.3 Å². The number of carbonyl (C=O) groups excluding carboxylic acids is 1. The molecule has 0 bridgehead atoms. The molecule has 2 aromatic heterocycles. The summed E-state index contributed by atoms with van der Waals surface area (Å²) in [4.78, 5) is 22.1. The number of fused-ring (bicyclic) bond motifs is 1. The Morgan fingerprint density at radius 3 is 2.66 bits per heavy atom. The maximum absolute atomic E-state index is 12.3. The maximum Gasteiger partial charge on any atom is 0.230 e. The van der Waals surface area contributed by atoms with Crippen LogP contribution in [-0.4, -0.2) is 28.7 Å². The smallest absolute Gasteiger partial charge is 0.230 e. The fourth-order valence-corrected chi connectivity index (χ4v) is 4.74. The van der Waals surface area contributed by atoms with Gasteiger partial charge in [0, 0.05) is 17.5 Å². The highest BCUT2D eigenvalue weighted by atomic mass is 32.2. The van der Waals surface area contributed by atoms with Crippen LogP contribution in [0.5, 0.6) is 5.75 Å². The highest BCUT2D eigenvalue weighted by molar-refractivity contribution is 8.00. The lowest BCUT2D eigenvalue weighted by Gasteiger charge is -2.07. The summed E-state index contributed by atoms with van der Waals surface area (Å²) in [5.74, 6) is 1.10. The average molecular weight is 422 g/mol. The normalized spacial score (nSPS) is 10.8. The number of hydrogen-bond acceptors (Lipinski definition) is 6. The van der Waals surface area contributed by atoms with Crippen molar-refractivity contribution in [1.82, 2.24) is 15.3 Å². The second kappa shape index (κ2) is 9.07. The largest absolute Gasteiger partial charge is 0.497 e. The molecule has 0 saturated carbocycles. The van der Waals surface area contributed by atoms with Crippen LogP contribution in [0.15, 0.2) is 71.3 Å². The molecule has 4 aromatic rings. The molecule has 0 radical (unpaired) electrons. The monoisotopic (exact) mass is 421 g/mol. The fraction of sp³-hybridized carbons (Fsp3) is 0.136. The third-order valence-corrected chi connectivity index (χ3v) is 6.28. The molecule has 146 valence electrons. The van der Waals surface area contributed by atoms with Crippen LogP contribution in [0, 0.1) is 0 Å². The van der Waals surface area contributed by atoms with Crippen LogP contribution in [-0.2, 0) is 11.3 Å². The summed E-state index contributed by atoms with van der Waals surface area (Å²) in [5.41, 5.74) is 3.22. The summed E-state index contributed by atoms with van der Waals surface area (Å²) in [6.07, 6.45) is 1.56. The Kier molecular flexibility index (Phi) is 6.07. The van der Waals surface area contributed by atoms with Gasteiger partial charge in [0.05, 0.1) is 18.2 Å². The number of amides is 1. The van der Waals surface area contributed by atoms with Crippen LogP contribution in [0.25, 0.3) is 21.3 Å². The van der Waals surface area contributed by atoms with E-state index in [9.17, 15) is 4.79 Å². The Bertz CT molecular complexity index is 1110. The van der Waals surface area contributed by atoms with Crippen molar-refractivity contribution in [2.24, 2.45) is 0 Å². The van der Waals surface area contributed by atoms with Crippen molar-refractivity contribution in [2.45, 2.75) is 11.6 Å². The molecule has 0 fully saturated rings. The van der Waals surface area contributed by atoms with E-state index in [1.165, 1.54) is 11.8 Å². The van der Waals surface area contributed by atoms with Crippen LogP contribution in [0.3, 0.4) is 0 Å². The lowest BCUT2D eigenvalue weighted by molar-refractivity contribution is -0.118. The van der Waals surface area contributed by atoms with Gasteiger partial charge >= 0.3 is 0 Å². The van der Waals surface area contributed by atoms with Crippen LogP contribution < -0.4 is 10.1 Å². The van der Waals surface area contributed by atoms with Gasteiger partial charge in [-0.1, -0.05) is 54.2 Å². The van der Waals surface area contributed by atoms with Crippen molar-refractivity contribution in [2.75, 3.05) is 12.9 Å². The predicted octanol–water partition coefficient (Wildman–Crippen LogP) is 4.78. The van der Waals surface area contributed by atoms with Crippen molar-refractivity contribution >= 4 is 39.2 Å². The molecule has 1 N–H and O–H groups in total. The van der Waals surface area contributed by atoms with E-state index in [1.807, 2.05) is 54.6 Å². The summed E-state index contributed by atoms with van der Waals surface area (Å²) < 4.78 is 5.25. The van der Waals surface area contributed by atoms with Gasteiger partial charge in [-0.25, -0.2) is 9.97 Å². The molecule has 0 atom stereocenters. The summed E-state index contributed by atoms with van der Waals surface area (Å²) in [7, 11) is 1.65. The number of aromatic nitrogens is 2. The minimum atomic E-state index is -0.0214. The molecule has 0 aliphatic carbocycles. The van der Waals surface area contributed by atoms with E-state index in [4.69, 9.17) is 4.74 Å². The van der Waals surface area contributed by atoms with E-state index < -0.39 is 0 Å². The van der Waals surface area contributed by atoms with Crippen molar-refractivity contribution in [3.05, 3.63) is 71.9 Å². The molecule has 4 rings (SSSR count). The van der Waals surface area contributed by atoms with Gasteiger partial charge in [0.1, 0.15) is 21.9 Å². The molecule has 0 unspecified atom stereocenters. The number of hydrogen-bond donors (Lipinski definition) is 1. The Morgan fingerprint density at radius 2 is 1.90 bits per heavy atom. The number of thioether (sulfide) groups is 1. The quantitative estimate of drug-likeness (QED) is 0.344. The van der Waals surface area contributed by atoms with Gasteiger partial charge in [-0.3, -0.25) is 4.79 Å². The molecule has 5 nitrogen and oxygen atoms in total. The number of carbonyl (C=O) groups is 1. The predicted molar refractivity (Wildman–Crippen MR) is 118 cm³/mol. The Morgan fingerprint density at radius 1 is 1.10 bits per heavy atom. The first kappa shape index (κ1) is 19.4. The Hall–Kier alpha value is -2.90. The lowest BCUT2D eigenvalue weighted by Crippen LogP contribution is -2.24. The molecule has 2 aromatic carbocycles. The third kappa shape index (κ3) is 4.58. The minimum absolute atomic E-state index is 0.0214. The zero-order chi connectivity index (χ0) is 20.1. The topological polar surface area (TPSA) is 64.1 Å². The number of nitrogens with zero attached hydrogens (tertiary/aromatic N) is 2. The van der Waals surface area contributed by atoms with Crippen LogP contribution in [0.2, 0.25) is 0 Å². The van der Waals surface area contributed by atoms with Crippen molar-refractivity contribution in [1.29, 1.82) is 0 Å². The van der Waals surface area contributed by atoms with E-state index >= 15 is 0 Å². The molecule has 29 heavy (non-hydrogen) atoms. The molecule has 0 spiro atoms. The summed E-state index contributed by atoms with van der Waals surface area (Å²) in [6, 6.07) is 17.8. The average Bonchev–Trinajstić information content (AvgIpc) is 3.22.